The molecular weight excluding hydrogens is 182 g/mol. The van der Waals surface area contributed by atoms with Crippen molar-refractivity contribution in [3.05, 3.63) is 42.7 Å². The van der Waals surface area contributed by atoms with Crippen molar-refractivity contribution in [2.75, 3.05) is 0 Å². The van der Waals surface area contributed by atoms with E-state index in [1.165, 1.54) is 17.2 Å². The smallest absolute Gasteiger partial charge is 0.0346 e. The van der Waals surface area contributed by atoms with E-state index in [1.807, 2.05) is 30.6 Å². The van der Waals surface area contributed by atoms with Crippen LogP contribution in [0.1, 0.15) is 27.2 Å². The Morgan fingerprint density at radius 1 is 1.07 bits per heavy atom. The number of hydrogen-bond donors (Lipinski definition) is 0. The molecule has 0 saturated carbocycles. The van der Waals surface area contributed by atoms with Crippen molar-refractivity contribution >= 4 is 10.8 Å². The van der Waals surface area contributed by atoms with Crippen molar-refractivity contribution in [2.24, 2.45) is 5.92 Å². The minimum atomic E-state index is 0.884. The molecule has 0 spiro atoms. The Morgan fingerprint density at radius 2 is 1.67 bits per heavy atom. The minimum absolute atomic E-state index is 0.884. The lowest BCUT2D eigenvalue weighted by Crippen LogP contribution is -1.77. The van der Waals surface area contributed by atoms with Gasteiger partial charge in [-0.25, -0.2) is 0 Å². The maximum atomic E-state index is 4.01. The molecule has 1 heteroatoms. The van der Waals surface area contributed by atoms with E-state index in [0.29, 0.717) is 0 Å². The molecule has 0 aliphatic heterocycles. The van der Waals surface area contributed by atoms with Gasteiger partial charge in [0.25, 0.3) is 0 Å². The highest BCUT2D eigenvalue weighted by Crippen LogP contribution is 2.09. The fourth-order valence-electron chi connectivity index (χ4n) is 1.03. The summed E-state index contributed by atoms with van der Waals surface area (Å²) in [4.78, 5) is 4.01. The van der Waals surface area contributed by atoms with E-state index >= 15 is 0 Å². The van der Waals surface area contributed by atoms with Gasteiger partial charge in [0.1, 0.15) is 0 Å². The summed E-state index contributed by atoms with van der Waals surface area (Å²) in [6, 6.07) is 10.2. The SMILES string of the molecule is CCC(C)C.c1ccc2cnccc2c1. The maximum Gasteiger partial charge on any atom is 0.0346 e. The zero-order chi connectivity index (χ0) is 11.1. The van der Waals surface area contributed by atoms with E-state index < -0.39 is 0 Å². The van der Waals surface area contributed by atoms with Gasteiger partial charge in [0.05, 0.1) is 0 Å². The molecule has 1 aromatic carbocycles. The Morgan fingerprint density at radius 3 is 2.20 bits per heavy atom. The molecule has 0 aliphatic carbocycles. The normalized spacial score (nSPS) is 9.87. The molecule has 1 aromatic heterocycles. The van der Waals surface area contributed by atoms with Gasteiger partial charge in [-0.2, -0.15) is 0 Å². The van der Waals surface area contributed by atoms with Crippen molar-refractivity contribution < 1.29 is 0 Å². The van der Waals surface area contributed by atoms with E-state index in [9.17, 15) is 0 Å². The standard InChI is InChI=1S/C9H7N.C5H12/c1-2-4-9-7-10-6-5-8(9)3-1;1-4-5(2)3/h1-7H;5H,4H2,1-3H3. The predicted molar refractivity (Wildman–Crippen MR) is 66.9 cm³/mol. The summed E-state index contributed by atoms with van der Waals surface area (Å²) < 4.78 is 0. The minimum Gasteiger partial charge on any atom is -0.264 e. The Bertz CT molecular complexity index is 328. The maximum absolute atomic E-state index is 4.01. The third-order valence-corrected chi connectivity index (χ3v) is 2.37. The van der Waals surface area contributed by atoms with Crippen LogP contribution in [0.2, 0.25) is 0 Å². The number of fused-ring (bicyclic) bond motifs is 1. The largest absolute Gasteiger partial charge is 0.264 e. The van der Waals surface area contributed by atoms with Crippen LogP contribution in [0.5, 0.6) is 0 Å². The zero-order valence-electron chi connectivity index (χ0n) is 9.77. The van der Waals surface area contributed by atoms with Gasteiger partial charge in [-0.3, -0.25) is 4.98 Å². The summed E-state index contributed by atoms with van der Waals surface area (Å²) in [5.41, 5.74) is 0. The Kier molecular flexibility index (Phi) is 4.82. The fraction of sp³-hybridized carbons (Fsp3) is 0.357. The topological polar surface area (TPSA) is 12.9 Å². The van der Waals surface area contributed by atoms with Crippen molar-refractivity contribution in [3.63, 3.8) is 0 Å². The van der Waals surface area contributed by atoms with Gasteiger partial charge in [0.15, 0.2) is 0 Å². The quantitative estimate of drug-likeness (QED) is 0.670. The molecule has 1 nitrogen and oxygen atoms in total. The molecule has 0 bridgehead atoms. The summed E-state index contributed by atoms with van der Waals surface area (Å²) in [5.74, 6) is 0.884. The van der Waals surface area contributed by atoms with Gasteiger partial charge in [0, 0.05) is 12.4 Å². The predicted octanol–water partition coefficient (Wildman–Crippen LogP) is 4.29. The third-order valence-electron chi connectivity index (χ3n) is 2.37. The number of nitrogens with zero attached hydrogens (tertiary/aromatic N) is 1. The van der Waals surface area contributed by atoms with Crippen LogP contribution < -0.4 is 0 Å². The second-order valence-corrected chi connectivity index (χ2v) is 4.02. The molecule has 0 amide bonds. The molecule has 15 heavy (non-hydrogen) atoms. The molecule has 0 radical (unpaired) electrons. The van der Waals surface area contributed by atoms with Gasteiger partial charge in [-0.1, -0.05) is 51.5 Å². The first-order chi connectivity index (χ1) is 7.24. The Hall–Kier alpha value is -1.37. The molecule has 2 aromatic rings. The van der Waals surface area contributed by atoms with Crippen molar-refractivity contribution in [1.29, 1.82) is 0 Å². The summed E-state index contributed by atoms with van der Waals surface area (Å²) in [6.45, 7) is 6.64. The van der Waals surface area contributed by atoms with Crippen molar-refractivity contribution in [1.82, 2.24) is 4.98 Å². The molecule has 80 valence electrons. The van der Waals surface area contributed by atoms with Crippen LogP contribution in [0.15, 0.2) is 42.7 Å². The van der Waals surface area contributed by atoms with Crippen LogP contribution >= 0.6 is 0 Å². The summed E-state index contributed by atoms with van der Waals surface area (Å²) in [5, 5.41) is 2.45. The van der Waals surface area contributed by atoms with Crippen LogP contribution in [-0.4, -0.2) is 4.98 Å². The molecule has 0 fully saturated rings. The van der Waals surface area contributed by atoms with E-state index in [1.54, 1.807) is 0 Å². The Balaban J connectivity index is 0.000000195. The first kappa shape index (κ1) is 11.7. The van der Waals surface area contributed by atoms with Crippen molar-refractivity contribution in [2.45, 2.75) is 27.2 Å². The molecule has 0 N–H and O–H groups in total. The van der Waals surface area contributed by atoms with Crippen LogP contribution in [-0.2, 0) is 0 Å². The number of rotatable bonds is 1. The molecule has 0 aliphatic rings. The molecular formula is C14H19N. The number of aromatic nitrogens is 1. The van der Waals surface area contributed by atoms with E-state index in [0.717, 1.165) is 5.92 Å². The van der Waals surface area contributed by atoms with Crippen LogP contribution in [0.3, 0.4) is 0 Å². The lowest BCUT2D eigenvalue weighted by Gasteiger charge is -1.91. The highest BCUT2D eigenvalue weighted by Gasteiger charge is 1.86. The first-order valence-electron chi connectivity index (χ1n) is 5.52. The van der Waals surface area contributed by atoms with Gasteiger partial charge >= 0.3 is 0 Å². The summed E-state index contributed by atoms with van der Waals surface area (Å²) in [6.07, 6.45) is 4.98. The second-order valence-electron chi connectivity index (χ2n) is 4.02. The summed E-state index contributed by atoms with van der Waals surface area (Å²) >= 11 is 0. The third kappa shape index (κ3) is 4.11. The second kappa shape index (κ2) is 6.18. The number of benzene rings is 1. The first-order valence-corrected chi connectivity index (χ1v) is 5.52. The van der Waals surface area contributed by atoms with Gasteiger partial charge < -0.3 is 0 Å². The average molecular weight is 201 g/mol. The van der Waals surface area contributed by atoms with E-state index in [2.05, 4.69) is 37.9 Å². The van der Waals surface area contributed by atoms with Crippen LogP contribution in [0.25, 0.3) is 10.8 Å². The highest BCUT2D eigenvalue weighted by molar-refractivity contribution is 5.80. The van der Waals surface area contributed by atoms with Crippen LogP contribution in [0.4, 0.5) is 0 Å². The number of pyridine rings is 1. The van der Waals surface area contributed by atoms with Crippen molar-refractivity contribution in [3.8, 4) is 0 Å². The fourth-order valence-corrected chi connectivity index (χ4v) is 1.03. The van der Waals surface area contributed by atoms with Gasteiger partial charge in [-0.05, 0) is 22.8 Å². The molecule has 2 rings (SSSR count). The lowest BCUT2D eigenvalue weighted by atomic mass is 10.2. The number of hydrogen-bond acceptors (Lipinski definition) is 1. The monoisotopic (exact) mass is 201 g/mol. The van der Waals surface area contributed by atoms with Gasteiger partial charge in [0.2, 0.25) is 0 Å². The van der Waals surface area contributed by atoms with Crippen LogP contribution in [0, 0.1) is 5.92 Å². The average Bonchev–Trinajstić information content (AvgIpc) is 2.30. The zero-order valence-corrected chi connectivity index (χ0v) is 9.77. The highest BCUT2D eigenvalue weighted by atomic mass is 14.6. The molecule has 0 unspecified atom stereocenters. The van der Waals surface area contributed by atoms with Gasteiger partial charge in [-0.15, -0.1) is 0 Å². The summed E-state index contributed by atoms with van der Waals surface area (Å²) in [7, 11) is 0. The molecule has 0 saturated heterocycles. The Labute approximate surface area is 92.2 Å². The van der Waals surface area contributed by atoms with E-state index in [4.69, 9.17) is 0 Å². The molecule has 1 heterocycles. The van der Waals surface area contributed by atoms with E-state index in [-0.39, 0.29) is 0 Å². The molecule has 0 atom stereocenters. The lowest BCUT2D eigenvalue weighted by molar-refractivity contribution is 0.626.